The van der Waals surface area contributed by atoms with Gasteiger partial charge in [-0.15, -0.1) is 0 Å². The Hall–Kier alpha value is -1.69. The van der Waals surface area contributed by atoms with Crippen LogP contribution in [0.1, 0.15) is 18.5 Å². The highest BCUT2D eigenvalue weighted by Gasteiger charge is 2.44. The maximum absolute atomic E-state index is 12.5. The first-order valence-electron chi connectivity index (χ1n) is 7.94. The van der Waals surface area contributed by atoms with Crippen LogP contribution in [-0.2, 0) is 11.3 Å². The topological polar surface area (TPSA) is 58.4 Å². The molecule has 1 aromatic heterocycles. The second-order valence-electron chi connectivity index (χ2n) is 6.80. The zero-order valence-electron chi connectivity index (χ0n) is 13.5. The van der Waals surface area contributed by atoms with Gasteiger partial charge in [0.1, 0.15) is 6.54 Å². The van der Waals surface area contributed by atoms with Crippen LogP contribution in [0.5, 0.6) is 0 Å². The second kappa shape index (κ2) is 5.83. The van der Waals surface area contributed by atoms with E-state index in [0.29, 0.717) is 12.0 Å². The fourth-order valence-corrected chi connectivity index (χ4v) is 3.44. The minimum atomic E-state index is -0.221. The van der Waals surface area contributed by atoms with Crippen LogP contribution in [0.25, 0.3) is 0 Å². The minimum Gasteiger partial charge on any atom is -0.339 e. The lowest BCUT2D eigenvalue weighted by Gasteiger charge is -2.24. The van der Waals surface area contributed by atoms with Crippen LogP contribution in [0.15, 0.2) is 16.9 Å². The smallest absolute Gasteiger partial charge is 0.267 e. The standard InChI is InChI=1S/C16H24N4O2/c1-11-4-7-15(21)20(17-11)10-16(22)19-8-13(12-5-6-12)14(9-19)18(2)3/h4,7,12-14H,5-6,8-10H2,1-3H3/t13-,14+/m0/s1. The van der Waals surface area contributed by atoms with Crippen molar-refractivity contribution in [2.75, 3.05) is 27.2 Å². The van der Waals surface area contributed by atoms with Gasteiger partial charge in [0.25, 0.3) is 5.56 Å². The quantitative estimate of drug-likeness (QED) is 0.805. The second-order valence-corrected chi connectivity index (χ2v) is 6.80. The van der Waals surface area contributed by atoms with Crippen LogP contribution in [-0.4, -0.2) is 58.7 Å². The van der Waals surface area contributed by atoms with E-state index in [9.17, 15) is 9.59 Å². The summed E-state index contributed by atoms with van der Waals surface area (Å²) < 4.78 is 1.27. The highest BCUT2D eigenvalue weighted by atomic mass is 16.2. The van der Waals surface area contributed by atoms with E-state index < -0.39 is 0 Å². The van der Waals surface area contributed by atoms with E-state index in [4.69, 9.17) is 0 Å². The first-order valence-corrected chi connectivity index (χ1v) is 7.94. The normalized spacial score (nSPS) is 25.0. The van der Waals surface area contributed by atoms with Crippen LogP contribution < -0.4 is 5.56 Å². The van der Waals surface area contributed by atoms with Crippen molar-refractivity contribution < 1.29 is 4.79 Å². The van der Waals surface area contributed by atoms with Crippen molar-refractivity contribution in [3.8, 4) is 0 Å². The number of aryl methyl sites for hydroxylation is 1. The van der Waals surface area contributed by atoms with Gasteiger partial charge in [-0.05, 0) is 51.8 Å². The third-order valence-electron chi connectivity index (χ3n) is 4.86. The first-order chi connectivity index (χ1) is 10.5. The average molecular weight is 304 g/mol. The molecule has 0 N–H and O–H groups in total. The Morgan fingerprint density at radius 3 is 2.68 bits per heavy atom. The van der Waals surface area contributed by atoms with Crippen LogP contribution >= 0.6 is 0 Å². The third kappa shape index (κ3) is 3.06. The molecule has 2 atom stereocenters. The molecule has 2 heterocycles. The van der Waals surface area contributed by atoms with Crippen LogP contribution in [0.4, 0.5) is 0 Å². The number of aromatic nitrogens is 2. The average Bonchev–Trinajstić information content (AvgIpc) is 3.21. The SMILES string of the molecule is Cc1ccc(=O)n(CC(=O)N2C[C@@H](N(C)C)[C@H](C3CC3)C2)n1. The van der Waals surface area contributed by atoms with Gasteiger partial charge in [0.05, 0.1) is 5.69 Å². The van der Waals surface area contributed by atoms with E-state index in [-0.39, 0.29) is 18.0 Å². The summed E-state index contributed by atoms with van der Waals surface area (Å²) >= 11 is 0. The lowest BCUT2D eigenvalue weighted by Crippen LogP contribution is -2.38. The van der Waals surface area contributed by atoms with E-state index >= 15 is 0 Å². The molecule has 1 amide bonds. The fourth-order valence-electron chi connectivity index (χ4n) is 3.44. The zero-order chi connectivity index (χ0) is 15.9. The number of carbonyl (C=O) groups excluding carboxylic acids is 1. The van der Waals surface area contributed by atoms with Crippen LogP contribution in [0.2, 0.25) is 0 Å². The number of nitrogens with zero attached hydrogens (tertiary/aromatic N) is 4. The molecule has 6 nitrogen and oxygen atoms in total. The molecular formula is C16H24N4O2. The van der Waals surface area contributed by atoms with Gasteiger partial charge in [-0.25, -0.2) is 4.68 Å². The lowest BCUT2D eigenvalue weighted by atomic mass is 9.97. The van der Waals surface area contributed by atoms with Crippen molar-refractivity contribution in [3.05, 3.63) is 28.2 Å². The van der Waals surface area contributed by atoms with E-state index in [1.54, 1.807) is 6.07 Å². The summed E-state index contributed by atoms with van der Waals surface area (Å²) in [5, 5.41) is 4.15. The predicted molar refractivity (Wildman–Crippen MR) is 83.5 cm³/mol. The molecule has 1 aromatic rings. The number of amides is 1. The zero-order valence-corrected chi connectivity index (χ0v) is 13.5. The number of rotatable bonds is 4. The number of hydrogen-bond acceptors (Lipinski definition) is 4. The van der Waals surface area contributed by atoms with Gasteiger partial charge in [0, 0.05) is 25.2 Å². The summed E-state index contributed by atoms with van der Waals surface area (Å²) in [4.78, 5) is 28.5. The molecule has 1 aliphatic heterocycles. The molecule has 0 aromatic carbocycles. The summed E-state index contributed by atoms with van der Waals surface area (Å²) in [6, 6.07) is 3.57. The Kier molecular flexibility index (Phi) is 4.04. The van der Waals surface area contributed by atoms with Crippen molar-refractivity contribution in [2.24, 2.45) is 11.8 Å². The van der Waals surface area contributed by atoms with Crippen LogP contribution in [0, 0.1) is 18.8 Å². The predicted octanol–water partition coefficient (Wildman–Crippen LogP) is 0.350. The Bertz CT molecular complexity index is 611. The molecule has 120 valence electrons. The molecular weight excluding hydrogens is 280 g/mol. The Morgan fingerprint density at radius 1 is 1.32 bits per heavy atom. The summed E-state index contributed by atoms with van der Waals surface area (Å²) in [6.07, 6.45) is 2.58. The molecule has 0 bridgehead atoms. The summed E-state index contributed by atoms with van der Waals surface area (Å²) in [6.45, 7) is 3.43. The molecule has 2 fully saturated rings. The summed E-state index contributed by atoms with van der Waals surface area (Å²) in [7, 11) is 4.17. The number of likely N-dealkylation sites (N-methyl/N-ethyl adjacent to an activating group) is 1. The molecule has 3 rings (SSSR count). The molecule has 0 spiro atoms. The molecule has 0 unspecified atom stereocenters. The van der Waals surface area contributed by atoms with E-state index in [0.717, 1.165) is 24.7 Å². The highest BCUT2D eigenvalue weighted by molar-refractivity contribution is 5.76. The Balaban J connectivity index is 1.70. The molecule has 0 radical (unpaired) electrons. The largest absolute Gasteiger partial charge is 0.339 e. The van der Waals surface area contributed by atoms with Crippen molar-refractivity contribution >= 4 is 5.91 Å². The maximum atomic E-state index is 12.5. The summed E-state index contributed by atoms with van der Waals surface area (Å²) in [5.74, 6) is 1.33. The van der Waals surface area contributed by atoms with Gasteiger partial charge in [-0.3, -0.25) is 9.59 Å². The van der Waals surface area contributed by atoms with Gasteiger partial charge < -0.3 is 9.80 Å². The molecule has 1 saturated carbocycles. The fraction of sp³-hybridized carbons (Fsp3) is 0.688. The Morgan fingerprint density at radius 2 is 2.05 bits per heavy atom. The van der Waals surface area contributed by atoms with Crippen molar-refractivity contribution in [2.45, 2.75) is 32.4 Å². The molecule has 2 aliphatic rings. The van der Waals surface area contributed by atoms with E-state index in [1.165, 1.54) is 23.6 Å². The van der Waals surface area contributed by atoms with Crippen molar-refractivity contribution in [1.82, 2.24) is 19.6 Å². The number of likely N-dealkylation sites (tertiary alicyclic amines) is 1. The molecule has 1 aliphatic carbocycles. The number of carbonyl (C=O) groups is 1. The third-order valence-corrected chi connectivity index (χ3v) is 4.86. The van der Waals surface area contributed by atoms with E-state index in [1.807, 2.05) is 11.8 Å². The van der Waals surface area contributed by atoms with Crippen LogP contribution in [0.3, 0.4) is 0 Å². The molecule has 1 saturated heterocycles. The Labute approximate surface area is 130 Å². The first kappa shape index (κ1) is 15.2. The minimum absolute atomic E-state index is 0.00444. The van der Waals surface area contributed by atoms with Crippen molar-refractivity contribution in [1.29, 1.82) is 0 Å². The maximum Gasteiger partial charge on any atom is 0.267 e. The van der Waals surface area contributed by atoms with Gasteiger partial charge in [0.15, 0.2) is 0 Å². The molecule has 6 heteroatoms. The van der Waals surface area contributed by atoms with Gasteiger partial charge in [0.2, 0.25) is 5.91 Å². The summed E-state index contributed by atoms with van der Waals surface area (Å²) in [5.41, 5.74) is 0.525. The van der Waals surface area contributed by atoms with Gasteiger partial charge >= 0.3 is 0 Å². The number of hydrogen-bond donors (Lipinski definition) is 0. The molecule has 22 heavy (non-hydrogen) atoms. The highest BCUT2D eigenvalue weighted by Crippen LogP contribution is 2.42. The lowest BCUT2D eigenvalue weighted by molar-refractivity contribution is -0.131. The van der Waals surface area contributed by atoms with Gasteiger partial charge in [-0.1, -0.05) is 0 Å². The van der Waals surface area contributed by atoms with E-state index in [2.05, 4.69) is 24.1 Å². The monoisotopic (exact) mass is 304 g/mol. The van der Waals surface area contributed by atoms with Crippen molar-refractivity contribution in [3.63, 3.8) is 0 Å². The van der Waals surface area contributed by atoms with Gasteiger partial charge in [-0.2, -0.15) is 5.10 Å².